The summed E-state index contributed by atoms with van der Waals surface area (Å²) < 4.78 is 1.73. The number of hydrogen-bond acceptors (Lipinski definition) is 5. The van der Waals surface area contributed by atoms with Crippen molar-refractivity contribution in [1.82, 2.24) is 29.4 Å². The zero-order valence-electron chi connectivity index (χ0n) is 15.9. The van der Waals surface area contributed by atoms with Gasteiger partial charge in [0.15, 0.2) is 5.65 Å². The molecule has 1 unspecified atom stereocenters. The Kier molecular flexibility index (Phi) is 4.77. The van der Waals surface area contributed by atoms with Crippen LogP contribution in [0.5, 0.6) is 0 Å². The van der Waals surface area contributed by atoms with E-state index >= 15 is 0 Å². The lowest BCUT2D eigenvalue weighted by atomic mass is 10.0. The third-order valence-corrected chi connectivity index (χ3v) is 5.08. The number of fused-ring (bicyclic) bond motifs is 1. The molecule has 2 amide bonds. The van der Waals surface area contributed by atoms with E-state index in [-0.39, 0.29) is 17.7 Å². The van der Waals surface area contributed by atoms with Crippen LogP contribution in [0.4, 0.5) is 0 Å². The van der Waals surface area contributed by atoms with Gasteiger partial charge in [0.25, 0.3) is 5.91 Å². The summed E-state index contributed by atoms with van der Waals surface area (Å²) in [6, 6.07) is 7.51. The summed E-state index contributed by atoms with van der Waals surface area (Å²) in [5.74, 6) is 0.106. The Morgan fingerprint density at radius 1 is 1.18 bits per heavy atom. The molecule has 1 fully saturated rings. The molecule has 1 aliphatic rings. The number of aromatic nitrogens is 4. The maximum Gasteiger partial charge on any atom is 0.258 e. The van der Waals surface area contributed by atoms with Crippen LogP contribution in [0.1, 0.15) is 34.1 Å². The van der Waals surface area contributed by atoms with Gasteiger partial charge in [0.1, 0.15) is 5.56 Å². The molecule has 0 bridgehead atoms. The van der Waals surface area contributed by atoms with Crippen molar-refractivity contribution in [2.75, 3.05) is 27.2 Å². The van der Waals surface area contributed by atoms with E-state index in [2.05, 4.69) is 15.1 Å². The Morgan fingerprint density at radius 2 is 2.04 bits per heavy atom. The summed E-state index contributed by atoms with van der Waals surface area (Å²) in [6.45, 7) is 1.33. The molecular formula is C20H22N6O2. The van der Waals surface area contributed by atoms with Crippen molar-refractivity contribution in [3.05, 3.63) is 59.8 Å². The lowest BCUT2D eigenvalue weighted by Crippen LogP contribution is -2.30. The van der Waals surface area contributed by atoms with Gasteiger partial charge in [0.2, 0.25) is 5.91 Å². The van der Waals surface area contributed by atoms with Crippen molar-refractivity contribution in [2.45, 2.75) is 18.8 Å². The van der Waals surface area contributed by atoms with Gasteiger partial charge in [-0.25, -0.2) is 9.50 Å². The summed E-state index contributed by atoms with van der Waals surface area (Å²) >= 11 is 0. The lowest BCUT2D eigenvalue weighted by Gasteiger charge is -2.17. The fourth-order valence-corrected chi connectivity index (χ4v) is 3.61. The Morgan fingerprint density at radius 3 is 2.79 bits per heavy atom. The largest absolute Gasteiger partial charge is 0.345 e. The first kappa shape index (κ1) is 18.1. The fraction of sp³-hybridized carbons (Fsp3) is 0.350. The van der Waals surface area contributed by atoms with Crippen molar-refractivity contribution in [1.29, 1.82) is 0 Å². The minimum Gasteiger partial charge on any atom is -0.345 e. The molecule has 0 aromatic carbocycles. The van der Waals surface area contributed by atoms with Gasteiger partial charge in [-0.3, -0.25) is 14.6 Å². The van der Waals surface area contributed by atoms with Crippen molar-refractivity contribution in [2.24, 2.45) is 0 Å². The van der Waals surface area contributed by atoms with E-state index in [0.29, 0.717) is 30.7 Å². The van der Waals surface area contributed by atoms with Crippen LogP contribution in [-0.4, -0.2) is 68.4 Å². The SMILES string of the molecule is CN(C)C(=O)c1cnn2c(C3CCN(C(=O)Cc4ccccn4)C3)ccnc12. The standard InChI is InChI=1S/C20H22N6O2/c1-24(2)20(28)16-12-23-26-17(6-9-22-19(16)26)14-7-10-25(13-14)18(27)11-15-5-3-4-8-21-15/h3-6,8-9,12,14H,7,10-11,13H2,1-2H3. The summed E-state index contributed by atoms with van der Waals surface area (Å²) in [5, 5.41) is 4.40. The number of carbonyl (C=O) groups excluding carboxylic acids is 2. The Labute approximate surface area is 162 Å². The topological polar surface area (TPSA) is 83.7 Å². The van der Waals surface area contributed by atoms with Crippen LogP contribution in [-0.2, 0) is 11.2 Å². The molecule has 1 saturated heterocycles. The molecule has 144 valence electrons. The van der Waals surface area contributed by atoms with Crippen LogP contribution in [0.2, 0.25) is 0 Å². The minimum atomic E-state index is -0.127. The fourth-order valence-electron chi connectivity index (χ4n) is 3.61. The third-order valence-electron chi connectivity index (χ3n) is 5.08. The van der Waals surface area contributed by atoms with E-state index in [9.17, 15) is 9.59 Å². The number of likely N-dealkylation sites (tertiary alicyclic amines) is 1. The second kappa shape index (κ2) is 7.38. The summed E-state index contributed by atoms with van der Waals surface area (Å²) in [5.41, 5.74) is 2.78. The zero-order chi connectivity index (χ0) is 19.7. The Bertz CT molecular complexity index is 1010. The van der Waals surface area contributed by atoms with Gasteiger partial charge in [-0.15, -0.1) is 0 Å². The second-order valence-corrected chi connectivity index (χ2v) is 7.19. The first-order valence-corrected chi connectivity index (χ1v) is 9.26. The van der Waals surface area contributed by atoms with Crippen molar-refractivity contribution in [3.8, 4) is 0 Å². The van der Waals surface area contributed by atoms with Gasteiger partial charge < -0.3 is 9.80 Å². The number of rotatable bonds is 4. The maximum absolute atomic E-state index is 12.6. The molecule has 3 aromatic heterocycles. The van der Waals surface area contributed by atoms with Gasteiger partial charge in [0, 0.05) is 51.2 Å². The predicted octanol–water partition coefficient (Wildman–Crippen LogP) is 1.38. The molecule has 0 saturated carbocycles. The van der Waals surface area contributed by atoms with Crippen LogP contribution < -0.4 is 0 Å². The van der Waals surface area contributed by atoms with Crippen LogP contribution in [0.25, 0.3) is 5.65 Å². The van der Waals surface area contributed by atoms with E-state index < -0.39 is 0 Å². The van der Waals surface area contributed by atoms with E-state index in [0.717, 1.165) is 17.8 Å². The van der Waals surface area contributed by atoms with Crippen molar-refractivity contribution < 1.29 is 9.59 Å². The molecule has 4 rings (SSSR count). The zero-order valence-corrected chi connectivity index (χ0v) is 15.9. The number of hydrogen-bond donors (Lipinski definition) is 0. The van der Waals surface area contributed by atoms with Gasteiger partial charge in [-0.2, -0.15) is 5.10 Å². The molecule has 0 radical (unpaired) electrons. The van der Waals surface area contributed by atoms with E-state index in [1.807, 2.05) is 29.2 Å². The van der Waals surface area contributed by atoms with Crippen molar-refractivity contribution >= 4 is 17.5 Å². The third kappa shape index (κ3) is 3.33. The van der Waals surface area contributed by atoms with Crippen LogP contribution in [0, 0.1) is 0 Å². The van der Waals surface area contributed by atoms with Gasteiger partial charge >= 0.3 is 0 Å². The van der Waals surface area contributed by atoms with E-state index in [1.165, 1.54) is 4.90 Å². The molecule has 28 heavy (non-hydrogen) atoms. The summed E-state index contributed by atoms with van der Waals surface area (Å²) in [7, 11) is 3.41. The number of amides is 2. The van der Waals surface area contributed by atoms with Gasteiger partial charge in [-0.05, 0) is 24.6 Å². The summed E-state index contributed by atoms with van der Waals surface area (Å²) in [6.07, 6.45) is 6.13. The highest BCUT2D eigenvalue weighted by molar-refractivity contribution is 5.99. The van der Waals surface area contributed by atoms with Crippen LogP contribution in [0.15, 0.2) is 42.9 Å². The van der Waals surface area contributed by atoms with Gasteiger partial charge in [0.05, 0.1) is 18.3 Å². The van der Waals surface area contributed by atoms with Crippen molar-refractivity contribution in [3.63, 3.8) is 0 Å². The maximum atomic E-state index is 12.6. The summed E-state index contributed by atoms with van der Waals surface area (Å²) in [4.78, 5) is 36.9. The molecule has 1 atom stereocenters. The molecule has 8 heteroatoms. The molecule has 8 nitrogen and oxygen atoms in total. The molecule has 3 aromatic rings. The first-order chi connectivity index (χ1) is 13.5. The molecule has 1 aliphatic heterocycles. The highest BCUT2D eigenvalue weighted by Crippen LogP contribution is 2.28. The molecule has 0 spiro atoms. The number of nitrogens with zero attached hydrogens (tertiary/aromatic N) is 6. The molecule has 0 aliphatic carbocycles. The number of pyridine rings is 1. The predicted molar refractivity (Wildman–Crippen MR) is 103 cm³/mol. The Balaban J connectivity index is 1.53. The smallest absolute Gasteiger partial charge is 0.258 e. The minimum absolute atomic E-state index is 0.0791. The van der Waals surface area contributed by atoms with Gasteiger partial charge in [-0.1, -0.05) is 6.07 Å². The highest BCUT2D eigenvalue weighted by atomic mass is 16.2. The Hall–Kier alpha value is -3.29. The monoisotopic (exact) mass is 378 g/mol. The van der Waals surface area contributed by atoms with E-state index in [1.54, 1.807) is 37.2 Å². The quantitative estimate of drug-likeness (QED) is 0.685. The highest BCUT2D eigenvalue weighted by Gasteiger charge is 2.30. The average Bonchev–Trinajstić information content (AvgIpc) is 3.35. The average molecular weight is 378 g/mol. The molecule has 4 heterocycles. The second-order valence-electron chi connectivity index (χ2n) is 7.19. The normalized spacial score (nSPS) is 16.5. The first-order valence-electron chi connectivity index (χ1n) is 9.26. The van der Waals surface area contributed by atoms with E-state index in [4.69, 9.17) is 0 Å². The molecular weight excluding hydrogens is 356 g/mol. The van der Waals surface area contributed by atoms with Crippen LogP contribution >= 0.6 is 0 Å². The molecule has 0 N–H and O–H groups in total. The van der Waals surface area contributed by atoms with Crippen LogP contribution in [0.3, 0.4) is 0 Å². The lowest BCUT2D eigenvalue weighted by molar-refractivity contribution is -0.129. The number of carbonyl (C=O) groups is 2.